The Hall–Kier alpha value is -2.93. The summed E-state index contributed by atoms with van der Waals surface area (Å²) >= 11 is 1.53. The number of aryl methyl sites for hydroxylation is 4. The Bertz CT molecular complexity index is 1130. The van der Waals surface area contributed by atoms with E-state index in [1.54, 1.807) is 0 Å². The predicted molar refractivity (Wildman–Crippen MR) is 110 cm³/mol. The molecule has 0 fully saturated rings. The van der Waals surface area contributed by atoms with Crippen LogP contribution in [0.15, 0.2) is 52.1 Å². The van der Waals surface area contributed by atoms with Crippen molar-refractivity contribution in [2.24, 2.45) is 0 Å². The monoisotopic (exact) mass is 391 g/mol. The van der Waals surface area contributed by atoms with Crippen molar-refractivity contribution in [1.82, 2.24) is 24.9 Å². The molecule has 28 heavy (non-hydrogen) atoms. The Kier molecular flexibility index (Phi) is 5.00. The minimum Gasteiger partial charge on any atom is -0.338 e. The molecule has 2 aromatic heterocycles. The van der Waals surface area contributed by atoms with Gasteiger partial charge in [0.05, 0.1) is 5.75 Å². The third-order valence-corrected chi connectivity index (χ3v) is 5.64. The minimum atomic E-state index is 0.530. The Morgan fingerprint density at radius 3 is 2.54 bits per heavy atom. The molecule has 0 bridgehead atoms. The number of rotatable bonds is 5. The second kappa shape index (κ2) is 7.59. The molecule has 0 aliphatic rings. The topological polar surface area (TPSA) is 69.6 Å². The van der Waals surface area contributed by atoms with Crippen molar-refractivity contribution in [2.75, 3.05) is 0 Å². The van der Waals surface area contributed by atoms with Gasteiger partial charge in [-0.1, -0.05) is 47.3 Å². The van der Waals surface area contributed by atoms with Crippen LogP contribution in [0.3, 0.4) is 0 Å². The van der Waals surface area contributed by atoms with Crippen molar-refractivity contribution >= 4 is 11.8 Å². The number of hydrogen-bond acceptors (Lipinski definition) is 6. The molecule has 0 N–H and O–H groups in total. The third-order valence-electron chi connectivity index (χ3n) is 4.72. The first-order valence-corrected chi connectivity index (χ1v) is 10.0. The van der Waals surface area contributed by atoms with Crippen molar-refractivity contribution < 1.29 is 4.52 Å². The van der Waals surface area contributed by atoms with Gasteiger partial charge in [-0.25, -0.2) is 0 Å². The Balaban J connectivity index is 1.55. The van der Waals surface area contributed by atoms with Crippen LogP contribution in [-0.4, -0.2) is 24.9 Å². The highest BCUT2D eigenvalue weighted by atomic mass is 32.2. The number of benzene rings is 2. The highest BCUT2D eigenvalue weighted by molar-refractivity contribution is 7.98. The third kappa shape index (κ3) is 3.57. The summed E-state index contributed by atoms with van der Waals surface area (Å²) in [4.78, 5) is 4.54. The van der Waals surface area contributed by atoms with E-state index < -0.39 is 0 Å². The normalized spacial score (nSPS) is 11.1. The van der Waals surface area contributed by atoms with E-state index in [2.05, 4.69) is 57.0 Å². The van der Waals surface area contributed by atoms with E-state index in [1.807, 2.05) is 38.1 Å². The van der Waals surface area contributed by atoms with Gasteiger partial charge < -0.3 is 4.52 Å². The highest BCUT2D eigenvalue weighted by Crippen LogP contribution is 2.27. The van der Waals surface area contributed by atoms with E-state index in [-0.39, 0.29) is 0 Å². The summed E-state index contributed by atoms with van der Waals surface area (Å²) in [5.41, 5.74) is 5.66. The Labute approximate surface area is 168 Å². The molecule has 0 aliphatic carbocycles. The lowest BCUT2D eigenvalue weighted by Gasteiger charge is -2.10. The maximum Gasteiger partial charge on any atom is 0.237 e. The van der Waals surface area contributed by atoms with Crippen LogP contribution in [0.5, 0.6) is 0 Å². The minimum absolute atomic E-state index is 0.530. The zero-order valence-corrected chi connectivity index (χ0v) is 17.1. The molecular weight excluding hydrogens is 370 g/mol. The molecule has 6 nitrogen and oxygen atoms in total. The van der Waals surface area contributed by atoms with Crippen LogP contribution in [0.1, 0.15) is 28.4 Å². The fourth-order valence-electron chi connectivity index (χ4n) is 2.97. The molecule has 2 aromatic carbocycles. The Morgan fingerprint density at radius 2 is 1.75 bits per heavy atom. The maximum atomic E-state index is 5.44. The zero-order valence-electron chi connectivity index (χ0n) is 16.3. The summed E-state index contributed by atoms with van der Waals surface area (Å²) in [5, 5.41) is 13.5. The first-order chi connectivity index (χ1) is 13.5. The molecule has 2 heterocycles. The van der Waals surface area contributed by atoms with Crippen molar-refractivity contribution in [3.05, 3.63) is 70.9 Å². The number of aromatic nitrogens is 5. The van der Waals surface area contributed by atoms with Gasteiger partial charge in [-0.05, 0) is 56.5 Å². The summed E-state index contributed by atoms with van der Waals surface area (Å²) in [6.45, 7) is 8.20. The van der Waals surface area contributed by atoms with E-state index >= 15 is 0 Å². The van der Waals surface area contributed by atoms with E-state index in [1.165, 1.54) is 22.9 Å². The lowest BCUT2D eigenvalue weighted by atomic mass is 10.1. The quantitative estimate of drug-likeness (QED) is 0.453. The van der Waals surface area contributed by atoms with Crippen LogP contribution in [0.2, 0.25) is 0 Å². The van der Waals surface area contributed by atoms with Gasteiger partial charge in [0.15, 0.2) is 5.16 Å². The molecule has 142 valence electrons. The van der Waals surface area contributed by atoms with Crippen LogP contribution in [0.4, 0.5) is 0 Å². The molecule has 0 saturated carbocycles. The van der Waals surface area contributed by atoms with E-state index in [4.69, 9.17) is 4.52 Å². The first kappa shape index (κ1) is 18.4. The van der Waals surface area contributed by atoms with Gasteiger partial charge in [-0.3, -0.25) is 4.57 Å². The van der Waals surface area contributed by atoms with Crippen molar-refractivity contribution in [3.8, 4) is 17.1 Å². The van der Waals surface area contributed by atoms with Crippen molar-refractivity contribution in [1.29, 1.82) is 0 Å². The molecule has 4 aromatic rings. The molecule has 0 radical (unpaired) electrons. The molecule has 0 aliphatic heterocycles. The SMILES string of the molecule is Cc1ccc(-n2c(C)nnc2SCc2nc(-c3ccccc3C)no2)cc1C. The van der Waals surface area contributed by atoms with Crippen LogP contribution in [-0.2, 0) is 5.75 Å². The molecule has 4 rings (SSSR count). The van der Waals surface area contributed by atoms with Crippen LogP contribution < -0.4 is 0 Å². The molecule has 0 atom stereocenters. The van der Waals surface area contributed by atoms with Crippen LogP contribution >= 0.6 is 11.8 Å². The lowest BCUT2D eigenvalue weighted by Crippen LogP contribution is -2.00. The predicted octanol–water partition coefficient (Wildman–Crippen LogP) is 4.84. The summed E-state index contributed by atoms with van der Waals surface area (Å²) in [6, 6.07) is 14.4. The van der Waals surface area contributed by atoms with Crippen LogP contribution in [0, 0.1) is 27.7 Å². The second-order valence-corrected chi connectivity index (χ2v) is 7.69. The van der Waals surface area contributed by atoms with Gasteiger partial charge in [-0.15, -0.1) is 10.2 Å². The fraction of sp³-hybridized carbons (Fsp3) is 0.238. The Morgan fingerprint density at radius 1 is 0.929 bits per heavy atom. The number of hydrogen-bond donors (Lipinski definition) is 0. The van der Waals surface area contributed by atoms with Gasteiger partial charge in [0.2, 0.25) is 11.7 Å². The second-order valence-electron chi connectivity index (χ2n) is 6.75. The lowest BCUT2D eigenvalue weighted by molar-refractivity contribution is 0.391. The average molecular weight is 392 g/mol. The first-order valence-electron chi connectivity index (χ1n) is 9.04. The summed E-state index contributed by atoms with van der Waals surface area (Å²) in [6.07, 6.45) is 0. The largest absolute Gasteiger partial charge is 0.338 e. The molecular formula is C21H21N5OS. The molecule has 0 saturated heterocycles. The molecule has 7 heteroatoms. The van der Waals surface area contributed by atoms with E-state index in [0.29, 0.717) is 17.5 Å². The molecule has 0 unspecified atom stereocenters. The fourth-order valence-corrected chi connectivity index (χ4v) is 3.81. The summed E-state index contributed by atoms with van der Waals surface area (Å²) in [7, 11) is 0. The van der Waals surface area contributed by atoms with Gasteiger partial charge in [0.25, 0.3) is 0 Å². The van der Waals surface area contributed by atoms with Crippen LogP contribution in [0.25, 0.3) is 17.1 Å². The molecule has 0 amide bonds. The zero-order chi connectivity index (χ0) is 19.7. The summed E-state index contributed by atoms with van der Waals surface area (Å²) in [5.74, 6) is 2.55. The van der Waals surface area contributed by atoms with Gasteiger partial charge in [0.1, 0.15) is 5.82 Å². The smallest absolute Gasteiger partial charge is 0.237 e. The average Bonchev–Trinajstić information content (AvgIpc) is 3.29. The number of nitrogens with zero attached hydrogens (tertiary/aromatic N) is 5. The standard InChI is InChI=1S/C21H21N5OS/c1-13-9-10-17(11-15(13)3)26-16(4)23-24-21(26)28-12-19-22-20(25-27-19)18-8-6-5-7-14(18)2/h5-11H,12H2,1-4H3. The number of thioether (sulfide) groups is 1. The van der Waals surface area contributed by atoms with Crippen molar-refractivity contribution in [2.45, 2.75) is 38.6 Å². The van der Waals surface area contributed by atoms with E-state index in [0.717, 1.165) is 27.8 Å². The molecule has 0 spiro atoms. The van der Waals surface area contributed by atoms with Gasteiger partial charge in [0, 0.05) is 11.3 Å². The summed E-state index contributed by atoms with van der Waals surface area (Å²) < 4.78 is 7.49. The maximum absolute atomic E-state index is 5.44. The van der Waals surface area contributed by atoms with Gasteiger partial charge >= 0.3 is 0 Å². The highest BCUT2D eigenvalue weighted by Gasteiger charge is 2.15. The van der Waals surface area contributed by atoms with Crippen molar-refractivity contribution in [3.63, 3.8) is 0 Å². The van der Waals surface area contributed by atoms with Gasteiger partial charge in [-0.2, -0.15) is 4.98 Å². The van der Waals surface area contributed by atoms with E-state index in [9.17, 15) is 0 Å².